The van der Waals surface area contributed by atoms with Crippen LogP contribution in [0.4, 0.5) is 5.69 Å². The minimum atomic E-state index is -4.06. The van der Waals surface area contributed by atoms with Gasteiger partial charge in [-0.15, -0.1) is 0 Å². The summed E-state index contributed by atoms with van der Waals surface area (Å²) in [5.41, 5.74) is 3.44. The number of hydrogen-bond acceptors (Lipinski definition) is 5. The first-order valence-corrected chi connectivity index (χ1v) is 12.5. The van der Waals surface area contributed by atoms with Crippen molar-refractivity contribution in [2.45, 2.75) is 44.4 Å². The standard InChI is InChI=1S/C25H32N2O5S/c1-18-12-19(2)14-21(13-18)27(17-25(28)26-16-20-8-6-5-7-9-20)33(29,30)22-10-11-23(31-3)24(15-22)32-4/h8,10-15H,5-7,9,16-17H2,1-4H3,(H,26,28). The molecule has 1 amide bonds. The summed E-state index contributed by atoms with van der Waals surface area (Å²) in [4.78, 5) is 12.9. The van der Waals surface area contributed by atoms with Gasteiger partial charge >= 0.3 is 0 Å². The molecule has 0 bridgehead atoms. The Morgan fingerprint density at radius 2 is 1.70 bits per heavy atom. The van der Waals surface area contributed by atoms with Gasteiger partial charge in [0.2, 0.25) is 5.91 Å². The number of ether oxygens (including phenoxy) is 2. The van der Waals surface area contributed by atoms with Gasteiger partial charge in [-0.2, -0.15) is 0 Å². The molecule has 0 spiro atoms. The number of nitrogens with one attached hydrogen (secondary N) is 1. The van der Waals surface area contributed by atoms with Crippen LogP contribution in [0, 0.1) is 13.8 Å². The zero-order valence-electron chi connectivity index (χ0n) is 19.7. The number of anilines is 1. The lowest BCUT2D eigenvalue weighted by Crippen LogP contribution is -2.41. The lowest BCUT2D eigenvalue weighted by molar-refractivity contribution is -0.119. The molecule has 0 fully saturated rings. The third kappa shape index (κ3) is 6.07. The molecule has 2 aromatic rings. The van der Waals surface area contributed by atoms with Gasteiger partial charge in [-0.1, -0.05) is 17.7 Å². The van der Waals surface area contributed by atoms with Gasteiger partial charge < -0.3 is 14.8 Å². The maximum Gasteiger partial charge on any atom is 0.264 e. The summed E-state index contributed by atoms with van der Waals surface area (Å²) in [5.74, 6) is 0.366. The number of methoxy groups -OCH3 is 2. The second-order valence-electron chi connectivity index (χ2n) is 8.26. The van der Waals surface area contributed by atoms with Crippen molar-refractivity contribution in [3.8, 4) is 11.5 Å². The van der Waals surface area contributed by atoms with E-state index in [0.717, 1.165) is 34.7 Å². The monoisotopic (exact) mass is 472 g/mol. The third-order valence-corrected chi connectivity index (χ3v) is 7.39. The Morgan fingerprint density at radius 1 is 1.00 bits per heavy atom. The van der Waals surface area contributed by atoms with Crippen LogP contribution in [-0.4, -0.2) is 41.6 Å². The SMILES string of the molecule is COc1ccc(S(=O)(=O)N(CC(=O)NCC2=CCCCC2)c2cc(C)cc(C)c2)cc1OC. The van der Waals surface area contributed by atoms with E-state index in [-0.39, 0.29) is 17.3 Å². The molecule has 7 nitrogen and oxygen atoms in total. The Labute approximate surface area is 196 Å². The molecular formula is C25H32N2O5S. The molecule has 0 radical (unpaired) electrons. The zero-order chi connectivity index (χ0) is 24.0. The van der Waals surface area contributed by atoms with Gasteiger partial charge in [-0.3, -0.25) is 9.10 Å². The molecule has 1 aliphatic rings. The summed E-state index contributed by atoms with van der Waals surface area (Å²) in [6.45, 7) is 3.91. The highest BCUT2D eigenvalue weighted by molar-refractivity contribution is 7.92. The number of amides is 1. The van der Waals surface area contributed by atoms with Gasteiger partial charge in [0.25, 0.3) is 10.0 Å². The highest BCUT2D eigenvalue weighted by Gasteiger charge is 2.28. The number of sulfonamides is 1. The lowest BCUT2D eigenvalue weighted by Gasteiger charge is -2.25. The Morgan fingerprint density at radius 3 is 2.30 bits per heavy atom. The van der Waals surface area contributed by atoms with Crippen LogP contribution < -0.4 is 19.1 Å². The topological polar surface area (TPSA) is 84.9 Å². The van der Waals surface area contributed by atoms with Gasteiger partial charge in [-0.05, 0) is 74.9 Å². The van der Waals surface area contributed by atoms with E-state index in [1.54, 1.807) is 18.2 Å². The van der Waals surface area contributed by atoms with Crippen LogP contribution in [0.1, 0.15) is 36.8 Å². The van der Waals surface area contributed by atoms with E-state index in [9.17, 15) is 13.2 Å². The molecule has 0 saturated heterocycles. The van der Waals surface area contributed by atoms with Crippen molar-refractivity contribution >= 4 is 21.6 Å². The summed E-state index contributed by atoms with van der Waals surface area (Å²) in [5, 5.41) is 2.89. The molecule has 33 heavy (non-hydrogen) atoms. The number of rotatable bonds is 9. The fourth-order valence-electron chi connectivity index (χ4n) is 3.98. The first-order chi connectivity index (χ1) is 15.7. The molecule has 1 N–H and O–H groups in total. The molecule has 8 heteroatoms. The average Bonchev–Trinajstić information content (AvgIpc) is 2.80. The second kappa shape index (κ2) is 10.7. The molecule has 0 aliphatic heterocycles. The molecule has 1 aliphatic carbocycles. The summed E-state index contributed by atoms with van der Waals surface area (Å²) in [6.07, 6.45) is 6.43. The number of aryl methyl sites for hydroxylation is 2. The molecule has 0 unspecified atom stereocenters. The van der Waals surface area contributed by atoms with Gasteiger partial charge in [0.15, 0.2) is 11.5 Å². The van der Waals surface area contributed by atoms with Crippen LogP contribution in [0.5, 0.6) is 11.5 Å². The van der Waals surface area contributed by atoms with Crippen LogP contribution in [0.3, 0.4) is 0 Å². The van der Waals surface area contributed by atoms with Crippen molar-refractivity contribution in [3.63, 3.8) is 0 Å². The van der Waals surface area contributed by atoms with Crippen LogP contribution >= 0.6 is 0 Å². The van der Waals surface area contributed by atoms with Crippen molar-refractivity contribution in [1.82, 2.24) is 5.32 Å². The maximum atomic E-state index is 13.7. The number of hydrogen-bond donors (Lipinski definition) is 1. The van der Waals surface area contributed by atoms with E-state index < -0.39 is 10.0 Å². The van der Waals surface area contributed by atoms with Gasteiger partial charge in [0, 0.05) is 12.6 Å². The third-order valence-electron chi connectivity index (χ3n) is 5.62. The van der Waals surface area contributed by atoms with Gasteiger partial charge in [0.1, 0.15) is 6.54 Å². The van der Waals surface area contributed by atoms with Crippen molar-refractivity contribution in [3.05, 3.63) is 59.2 Å². The highest BCUT2D eigenvalue weighted by Crippen LogP contribution is 2.32. The average molecular weight is 473 g/mol. The minimum Gasteiger partial charge on any atom is -0.493 e. The van der Waals surface area contributed by atoms with Gasteiger partial charge in [0.05, 0.1) is 24.8 Å². The van der Waals surface area contributed by atoms with Crippen molar-refractivity contribution in [2.24, 2.45) is 0 Å². The first-order valence-electron chi connectivity index (χ1n) is 11.0. The number of carbonyl (C=O) groups is 1. The summed E-state index contributed by atoms with van der Waals surface area (Å²) in [6, 6.07) is 9.90. The molecule has 0 atom stereocenters. The van der Waals surface area contributed by atoms with E-state index >= 15 is 0 Å². The Balaban J connectivity index is 1.94. The van der Waals surface area contributed by atoms with Crippen LogP contribution in [0.2, 0.25) is 0 Å². The normalized spacial score (nSPS) is 13.8. The zero-order valence-corrected chi connectivity index (χ0v) is 20.5. The second-order valence-corrected chi connectivity index (χ2v) is 10.1. The molecule has 2 aromatic carbocycles. The molecule has 0 heterocycles. The smallest absolute Gasteiger partial charge is 0.264 e. The quantitative estimate of drug-likeness (QED) is 0.555. The molecule has 178 valence electrons. The first kappa shape index (κ1) is 24.6. The van der Waals surface area contributed by atoms with E-state index in [0.29, 0.717) is 23.7 Å². The van der Waals surface area contributed by atoms with E-state index in [1.165, 1.54) is 38.3 Å². The van der Waals surface area contributed by atoms with E-state index in [1.807, 2.05) is 19.9 Å². The fourth-order valence-corrected chi connectivity index (χ4v) is 5.40. The van der Waals surface area contributed by atoms with Crippen molar-refractivity contribution in [1.29, 1.82) is 0 Å². The van der Waals surface area contributed by atoms with Crippen molar-refractivity contribution < 1.29 is 22.7 Å². The Kier molecular flexibility index (Phi) is 8.02. The summed E-state index contributed by atoms with van der Waals surface area (Å²) in [7, 11) is -1.13. The minimum absolute atomic E-state index is 0.0158. The van der Waals surface area contributed by atoms with Crippen molar-refractivity contribution in [2.75, 3.05) is 31.6 Å². The maximum absolute atomic E-state index is 13.7. The largest absolute Gasteiger partial charge is 0.493 e. The fraction of sp³-hybridized carbons (Fsp3) is 0.400. The lowest BCUT2D eigenvalue weighted by atomic mass is 10.00. The predicted molar refractivity (Wildman–Crippen MR) is 130 cm³/mol. The predicted octanol–water partition coefficient (Wildman–Crippen LogP) is 4.13. The highest BCUT2D eigenvalue weighted by atomic mass is 32.2. The molecule has 0 saturated carbocycles. The van der Waals surface area contributed by atoms with Gasteiger partial charge in [-0.25, -0.2) is 8.42 Å². The molecule has 0 aromatic heterocycles. The van der Waals surface area contributed by atoms with E-state index in [2.05, 4.69) is 11.4 Å². The summed E-state index contributed by atoms with van der Waals surface area (Å²) < 4.78 is 39.1. The van der Waals surface area contributed by atoms with Crippen LogP contribution in [0.15, 0.2) is 52.9 Å². The number of nitrogens with zero attached hydrogens (tertiary/aromatic N) is 1. The number of carbonyl (C=O) groups excluding carboxylic acids is 1. The number of benzene rings is 2. The summed E-state index contributed by atoms with van der Waals surface area (Å²) >= 11 is 0. The van der Waals surface area contributed by atoms with Crippen LogP contribution in [-0.2, 0) is 14.8 Å². The van der Waals surface area contributed by atoms with E-state index in [4.69, 9.17) is 9.47 Å². The van der Waals surface area contributed by atoms with Crippen LogP contribution in [0.25, 0.3) is 0 Å². The Bertz CT molecular complexity index is 1120. The number of allylic oxidation sites excluding steroid dienone is 1. The Hall–Kier alpha value is -3.00. The molecule has 3 rings (SSSR count). The molecular weight excluding hydrogens is 440 g/mol.